The average Bonchev–Trinajstić information content (AvgIpc) is 2.47. The van der Waals surface area contributed by atoms with E-state index in [0.717, 1.165) is 4.90 Å². The third-order valence-corrected chi connectivity index (χ3v) is 3.53. The highest BCUT2D eigenvalue weighted by Crippen LogP contribution is 2.38. The smallest absolute Gasteiger partial charge is 0.261 e. The first-order valence-electron chi connectivity index (χ1n) is 5.99. The lowest BCUT2D eigenvalue weighted by atomic mass is 9.78. The second-order valence-corrected chi connectivity index (χ2v) is 5.07. The van der Waals surface area contributed by atoms with Crippen molar-refractivity contribution in [1.82, 2.24) is 4.90 Å². The van der Waals surface area contributed by atoms with Crippen LogP contribution in [0.3, 0.4) is 0 Å². The predicted octanol–water partition coefficient (Wildman–Crippen LogP) is 1.69. The standard InChI is InChI=1S/C12H19F2NO3/c1-8(2)12(3)6-10(16)15(11(12)17)4-5-18-7-9(13)14/h8-9H,4-7H2,1-3H3/t12-/m0/s1. The molecule has 4 nitrogen and oxygen atoms in total. The van der Waals surface area contributed by atoms with Gasteiger partial charge in [0.1, 0.15) is 6.61 Å². The van der Waals surface area contributed by atoms with E-state index in [4.69, 9.17) is 0 Å². The van der Waals surface area contributed by atoms with Gasteiger partial charge in [-0.15, -0.1) is 0 Å². The molecule has 1 saturated heterocycles. The molecule has 0 radical (unpaired) electrons. The first-order chi connectivity index (χ1) is 8.29. The zero-order valence-electron chi connectivity index (χ0n) is 10.9. The van der Waals surface area contributed by atoms with Crippen molar-refractivity contribution in [3.05, 3.63) is 0 Å². The monoisotopic (exact) mass is 263 g/mol. The van der Waals surface area contributed by atoms with Gasteiger partial charge < -0.3 is 4.74 Å². The first kappa shape index (κ1) is 15.0. The second-order valence-electron chi connectivity index (χ2n) is 5.07. The molecule has 0 spiro atoms. The van der Waals surface area contributed by atoms with Gasteiger partial charge in [-0.25, -0.2) is 8.78 Å². The van der Waals surface area contributed by atoms with E-state index >= 15 is 0 Å². The van der Waals surface area contributed by atoms with Gasteiger partial charge in [0.05, 0.1) is 18.6 Å². The molecule has 0 aliphatic carbocycles. The molecule has 0 N–H and O–H groups in total. The van der Waals surface area contributed by atoms with Crippen LogP contribution in [0.15, 0.2) is 0 Å². The minimum absolute atomic E-state index is 0.0456. The fraction of sp³-hybridized carbons (Fsp3) is 0.833. The fourth-order valence-corrected chi connectivity index (χ4v) is 1.91. The van der Waals surface area contributed by atoms with Crippen LogP contribution in [0.25, 0.3) is 0 Å². The third kappa shape index (κ3) is 3.04. The molecule has 1 atom stereocenters. The maximum absolute atomic E-state index is 12.1. The largest absolute Gasteiger partial charge is 0.374 e. The Labute approximate surface area is 105 Å². The number of carbonyl (C=O) groups is 2. The topological polar surface area (TPSA) is 46.6 Å². The minimum atomic E-state index is -2.53. The molecule has 0 aromatic rings. The van der Waals surface area contributed by atoms with Gasteiger partial charge in [-0.2, -0.15) is 0 Å². The lowest BCUT2D eigenvalue weighted by Crippen LogP contribution is -2.38. The highest BCUT2D eigenvalue weighted by Gasteiger charge is 2.49. The lowest BCUT2D eigenvalue weighted by Gasteiger charge is -2.25. The van der Waals surface area contributed by atoms with Gasteiger partial charge in [-0.05, 0) is 12.8 Å². The number of imide groups is 1. The van der Waals surface area contributed by atoms with E-state index in [-0.39, 0.29) is 37.3 Å². The van der Waals surface area contributed by atoms with E-state index < -0.39 is 18.4 Å². The van der Waals surface area contributed by atoms with E-state index in [1.807, 2.05) is 13.8 Å². The summed E-state index contributed by atoms with van der Waals surface area (Å²) in [6.07, 6.45) is -2.35. The number of amides is 2. The Morgan fingerprint density at radius 1 is 1.39 bits per heavy atom. The van der Waals surface area contributed by atoms with Crippen LogP contribution < -0.4 is 0 Å². The van der Waals surface area contributed by atoms with E-state index in [2.05, 4.69) is 4.74 Å². The Kier molecular flexibility index (Phi) is 4.78. The van der Waals surface area contributed by atoms with E-state index in [9.17, 15) is 18.4 Å². The fourth-order valence-electron chi connectivity index (χ4n) is 1.91. The Morgan fingerprint density at radius 2 is 2.00 bits per heavy atom. The van der Waals surface area contributed by atoms with Crippen LogP contribution in [0.5, 0.6) is 0 Å². The summed E-state index contributed by atoms with van der Waals surface area (Å²) in [6, 6.07) is 0. The van der Waals surface area contributed by atoms with E-state index in [1.54, 1.807) is 6.92 Å². The zero-order chi connectivity index (χ0) is 13.9. The summed E-state index contributed by atoms with van der Waals surface area (Å²) in [6.45, 7) is 4.88. The average molecular weight is 263 g/mol. The maximum Gasteiger partial charge on any atom is 0.261 e. The molecular weight excluding hydrogens is 244 g/mol. The molecular formula is C12H19F2NO3. The highest BCUT2D eigenvalue weighted by atomic mass is 19.3. The third-order valence-electron chi connectivity index (χ3n) is 3.53. The summed E-state index contributed by atoms with van der Waals surface area (Å²) in [5.41, 5.74) is -0.681. The van der Waals surface area contributed by atoms with Crippen molar-refractivity contribution in [1.29, 1.82) is 0 Å². The van der Waals surface area contributed by atoms with Crippen LogP contribution in [0, 0.1) is 11.3 Å². The highest BCUT2D eigenvalue weighted by molar-refractivity contribution is 6.05. The number of halogens is 2. The first-order valence-corrected chi connectivity index (χ1v) is 5.99. The van der Waals surface area contributed by atoms with Crippen molar-refractivity contribution in [2.24, 2.45) is 11.3 Å². The van der Waals surface area contributed by atoms with Crippen LogP contribution >= 0.6 is 0 Å². The Balaban J connectivity index is 2.52. The molecule has 0 unspecified atom stereocenters. The van der Waals surface area contributed by atoms with E-state index in [1.165, 1.54) is 0 Å². The molecule has 0 bridgehead atoms. The number of rotatable bonds is 6. The van der Waals surface area contributed by atoms with Gasteiger partial charge >= 0.3 is 0 Å². The van der Waals surface area contributed by atoms with Gasteiger partial charge in [-0.3, -0.25) is 14.5 Å². The SMILES string of the molecule is CC(C)[C@]1(C)CC(=O)N(CCOCC(F)F)C1=O. The molecule has 0 saturated carbocycles. The summed E-state index contributed by atoms with van der Waals surface area (Å²) in [5.74, 6) is -0.430. The molecule has 1 heterocycles. The zero-order valence-corrected chi connectivity index (χ0v) is 10.9. The molecule has 104 valence electrons. The molecule has 1 rings (SSSR count). The number of hydrogen-bond donors (Lipinski definition) is 0. The lowest BCUT2D eigenvalue weighted by molar-refractivity contribution is -0.143. The van der Waals surface area contributed by atoms with Gasteiger partial charge in [0.2, 0.25) is 11.8 Å². The van der Waals surface area contributed by atoms with Crippen molar-refractivity contribution in [2.75, 3.05) is 19.8 Å². The number of ether oxygens (including phenoxy) is 1. The second kappa shape index (κ2) is 5.73. The summed E-state index contributed by atoms with van der Waals surface area (Å²) in [7, 11) is 0. The number of nitrogens with zero attached hydrogens (tertiary/aromatic N) is 1. The summed E-state index contributed by atoms with van der Waals surface area (Å²) >= 11 is 0. The molecule has 1 fully saturated rings. The predicted molar refractivity (Wildman–Crippen MR) is 61.1 cm³/mol. The van der Waals surface area contributed by atoms with Gasteiger partial charge in [0.15, 0.2) is 0 Å². The summed E-state index contributed by atoms with van der Waals surface area (Å²) in [4.78, 5) is 25.0. The van der Waals surface area contributed by atoms with Gasteiger partial charge in [0.25, 0.3) is 6.43 Å². The van der Waals surface area contributed by atoms with Crippen molar-refractivity contribution in [3.8, 4) is 0 Å². The Bertz CT molecular complexity index is 333. The minimum Gasteiger partial charge on any atom is -0.374 e. The van der Waals surface area contributed by atoms with Crippen LogP contribution in [-0.4, -0.2) is 42.9 Å². The van der Waals surface area contributed by atoms with Crippen molar-refractivity contribution < 1.29 is 23.1 Å². The van der Waals surface area contributed by atoms with Crippen LogP contribution in [0.2, 0.25) is 0 Å². The molecule has 1 aliphatic rings. The molecule has 1 aliphatic heterocycles. The number of hydrogen-bond acceptors (Lipinski definition) is 3. The normalized spacial score (nSPS) is 24.7. The van der Waals surface area contributed by atoms with Crippen LogP contribution in [0.1, 0.15) is 27.2 Å². The number of likely N-dealkylation sites (tertiary alicyclic amines) is 1. The van der Waals surface area contributed by atoms with Crippen molar-refractivity contribution >= 4 is 11.8 Å². The van der Waals surface area contributed by atoms with Gasteiger partial charge in [-0.1, -0.05) is 13.8 Å². The van der Waals surface area contributed by atoms with Crippen LogP contribution in [-0.2, 0) is 14.3 Å². The van der Waals surface area contributed by atoms with Crippen molar-refractivity contribution in [2.45, 2.75) is 33.6 Å². The quantitative estimate of drug-likeness (QED) is 0.541. The molecule has 6 heteroatoms. The Morgan fingerprint density at radius 3 is 2.44 bits per heavy atom. The van der Waals surface area contributed by atoms with E-state index in [0.29, 0.717) is 0 Å². The maximum atomic E-state index is 12.1. The summed E-state index contributed by atoms with van der Waals surface area (Å²) in [5, 5.41) is 0. The number of alkyl halides is 2. The molecule has 0 aromatic carbocycles. The summed E-state index contributed by atoms with van der Waals surface area (Å²) < 4.78 is 28.4. The molecule has 0 aromatic heterocycles. The van der Waals surface area contributed by atoms with Crippen LogP contribution in [0.4, 0.5) is 8.78 Å². The molecule has 2 amide bonds. The van der Waals surface area contributed by atoms with Gasteiger partial charge in [0, 0.05) is 6.42 Å². The van der Waals surface area contributed by atoms with Crippen molar-refractivity contribution in [3.63, 3.8) is 0 Å². The number of carbonyl (C=O) groups excluding carboxylic acids is 2. The molecule has 18 heavy (non-hydrogen) atoms. The Hall–Kier alpha value is -1.04.